The number of halogens is 5. The van der Waals surface area contributed by atoms with Crippen LogP contribution in [0.5, 0.6) is 0 Å². The van der Waals surface area contributed by atoms with Crippen LogP contribution in [0.3, 0.4) is 0 Å². The monoisotopic (exact) mass is 499 g/mol. The van der Waals surface area contributed by atoms with E-state index >= 15 is 0 Å². The molecule has 1 aliphatic heterocycles. The Morgan fingerprint density at radius 2 is 1.94 bits per heavy atom. The minimum atomic E-state index is -4.60. The molecule has 3 rings (SSSR count). The number of nitrogens with two attached hydrogens (primary N) is 1. The maximum atomic E-state index is 14.4. The predicted octanol–water partition coefficient (Wildman–Crippen LogP) is 1.82. The van der Waals surface area contributed by atoms with Gasteiger partial charge >= 0.3 is 6.18 Å². The lowest BCUT2D eigenvalue weighted by Crippen LogP contribution is -2.73. The molecular formula is C21H24F5N8O+. The van der Waals surface area contributed by atoms with Crippen LogP contribution in [0.1, 0.15) is 24.6 Å². The normalized spacial score (nSPS) is 20.4. The molecule has 3 heterocycles. The summed E-state index contributed by atoms with van der Waals surface area (Å²) in [6, 6.07) is -0.804. The number of nitrogens with zero attached hydrogens (tertiary/aromatic N) is 5. The van der Waals surface area contributed by atoms with E-state index in [0.717, 1.165) is 4.90 Å². The maximum absolute atomic E-state index is 14.4. The molecule has 9 nitrogen and oxygen atoms in total. The minimum Gasteiger partial charge on any atom is -0.352 e. The summed E-state index contributed by atoms with van der Waals surface area (Å²) in [5, 5.41) is 12.8. The average Bonchev–Trinajstić information content (AvgIpc) is 2.80. The van der Waals surface area contributed by atoms with Crippen molar-refractivity contribution in [2.75, 3.05) is 25.5 Å². The van der Waals surface area contributed by atoms with Gasteiger partial charge in [-0.25, -0.2) is 18.7 Å². The van der Waals surface area contributed by atoms with Crippen LogP contribution in [-0.4, -0.2) is 68.6 Å². The van der Waals surface area contributed by atoms with E-state index in [-0.39, 0.29) is 23.8 Å². The zero-order chi connectivity index (χ0) is 25.8. The topological polar surface area (TPSA) is 124 Å². The average molecular weight is 499 g/mol. The van der Waals surface area contributed by atoms with E-state index in [9.17, 15) is 26.7 Å². The molecule has 1 amide bonds. The van der Waals surface area contributed by atoms with Crippen LogP contribution in [-0.2, 0) is 11.0 Å². The first-order valence-corrected chi connectivity index (χ1v) is 10.6. The van der Waals surface area contributed by atoms with Gasteiger partial charge in [0.1, 0.15) is 11.9 Å². The number of hydrogen-bond acceptors (Lipinski definition) is 7. The van der Waals surface area contributed by atoms with Crippen molar-refractivity contribution < 1.29 is 32.1 Å². The van der Waals surface area contributed by atoms with Crippen molar-refractivity contribution in [3.63, 3.8) is 0 Å². The highest BCUT2D eigenvalue weighted by Gasteiger charge is 2.47. The fourth-order valence-corrected chi connectivity index (χ4v) is 3.80. The first-order chi connectivity index (χ1) is 16.4. The largest absolute Gasteiger partial charge is 0.419 e. The summed E-state index contributed by atoms with van der Waals surface area (Å²) in [7, 11) is 1.67. The Bertz CT molecular complexity index is 1080. The number of alkyl halides is 5. The molecule has 14 heteroatoms. The molecule has 1 aliphatic rings. The van der Waals surface area contributed by atoms with Crippen LogP contribution < -0.4 is 10.6 Å². The van der Waals surface area contributed by atoms with Gasteiger partial charge in [-0.15, -0.1) is 0 Å². The Morgan fingerprint density at radius 3 is 2.51 bits per heavy atom. The third kappa shape index (κ3) is 6.32. The summed E-state index contributed by atoms with van der Waals surface area (Å²) >= 11 is 0. The second-order valence-electron chi connectivity index (χ2n) is 8.09. The van der Waals surface area contributed by atoms with Crippen LogP contribution in [0.15, 0.2) is 37.2 Å². The number of nitrogens with one attached hydrogen (secondary N) is 2. The summed E-state index contributed by atoms with van der Waals surface area (Å²) in [5.41, 5.74) is -1.22. The number of piperidine rings is 1. The van der Waals surface area contributed by atoms with Crippen LogP contribution in [0, 0.1) is 11.3 Å². The molecule has 0 radical (unpaired) electrons. The molecule has 0 aromatic carbocycles. The number of rotatable bonds is 7. The Hall–Kier alpha value is -3.55. The Kier molecular flexibility index (Phi) is 7.73. The molecule has 2 atom stereocenters. The zero-order valence-corrected chi connectivity index (χ0v) is 18.9. The lowest BCUT2D eigenvalue weighted by atomic mass is 9.87. The van der Waals surface area contributed by atoms with Gasteiger partial charge in [0.15, 0.2) is 0 Å². The quantitative estimate of drug-likeness (QED) is 0.395. The predicted molar refractivity (Wildman–Crippen MR) is 115 cm³/mol. The lowest BCUT2D eigenvalue weighted by molar-refractivity contribution is -0.555. The van der Waals surface area contributed by atoms with Gasteiger partial charge in [0.05, 0.1) is 42.7 Å². The molecule has 0 spiro atoms. The second-order valence-corrected chi connectivity index (χ2v) is 8.09. The van der Waals surface area contributed by atoms with E-state index in [4.69, 9.17) is 5.41 Å². The number of anilines is 1. The van der Waals surface area contributed by atoms with E-state index in [1.54, 1.807) is 12.4 Å². The van der Waals surface area contributed by atoms with Crippen molar-refractivity contribution in [2.45, 2.75) is 31.5 Å². The van der Waals surface area contributed by atoms with E-state index in [0.29, 0.717) is 12.4 Å². The van der Waals surface area contributed by atoms with Crippen LogP contribution >= 0.6 is 0 Å². The number of hydrogen-bond donors (Lipinski definition) is 3. The van der Waals surface area contributed by atoms with Crippen molar-refractivity contribution in [1.82, 2.24) is 24.8 Å². The third-order valence-electron chi connectivity index (χ3n) is 5.44. The van der Waals surface area contributed by atoms with Gasteiger partial charge in [0.25, 0.3) is 11.8 Å². The molecule has 0 bridgehead atoms. The van der Waals surface area contributed by atoms with E-state index in [1.807, 2.05) is 0 Å². The van der Waals surface area contributed by atoms with Crippen molar-refractivity contribution in [2.24, 2.45) is 5.92 Å². The zero-order valence-electron chi connectivity index (χ0n) is 18.9. The van der Waals surface area contributed by atoms with Gasteiger partial charge in [0.2, 0.25) is 5.95 Å². The maximum Gasteiger partial charge on any atom is 0.419 e. The first kappa shape index (κ1) is 26.1. The number of likely N-dealkylation sites (tertiary alicyclic amines) is 1. The van der Waals surface area contributed by atoms with E-state index < -0.39 is 54.2 Å². The van der Waals surface area contributed by atoms with Crippen molar-refractivity contribution in [1.29, 1.82) is 5.41 Å². The van der Waals surface area contributed by atoms with E-state index in [2.05, 4.69) is 25.3 Å². The van der Waals surface area contributed by atoms with Gasteiger partial charge in [-0.3, -0.25) is 20.2 Å². The molecular weight excluding hydrogens is 475 g/mol. The molecule has 0 saturated carbocycles. The number of amides is 1. The highest BCUT2D eigenvalue weighted by molar-refractivity contribution is 6.54. The standard InChI is InChI=1S/C21H23F5N8O/c1-12-5-20(22,23)11-34(16(12)10-33-19-31-6-13(7-32-19)21(24,25)26)18(35)17(27)14(8-28-2)15-9-29-3-4-30-15/h3-4,6-9,12,16,27-28H,5,10-11H2,1-2H3,(H,31,32,33)/p+1/b14-8-,27-17?/t12-,16-/m1/s1. The summed E-state index contributed by atoms with van der Waals surface area (Å²) in [6.07, 6.45) is 1.72. The van der Waals surface area contributed by atoms with Crippen molar-refractivity contribution >= 4 is 23.1 Å². The Morgan fingerprint density at radius 1 is 1.26 bits per heavy atom. The molecule has 2 aromatic rings. The summed E-state index contributed by atoms with van der Waals surface area (Å²) < 4.78 is 67.1. The lowest BCUT2D eigenvalue weighted by Gasteiger charge is -2.43. The number of aromatic nitrogens is 4. The minimum absolute atomic E-state index is 0.105. The molecule has 188 valence electrons. The van der Waals surface area contributed by atoms with Gasteiger partial charge in [-0.2, -0.15) is 13.2 Å². The van der Waals surface area contributed by atoms with Gasteiger partial charge in [-0.1, -0.05) is 6.92 Å². The second kappa shape index (κ2) is 10.4. The van der Waals surface area contributed by atoms with Gasteiger partial charge in [-0.05, 0) is 5.92 Å². The Labute approximate surface area is 197 Å². The molecule has 35 heavy (non-hydrogen) atoms. The highest BCUT2D eigenvalue weighted by Crippen LogP contribution is 2.35. The first-order valence-electron chi connectivity index (χ1n) is 10.6. The van der Waals surface area contributed by atoms with Crippen LogP contribution in [0.2, 0.25) is 0 Å². The number of carbonyl (C=O) groups is 1. The fourth-order valence-electron chi connectivity index (χ4n) is 3.80. The molecule has 4 N–H and O–H groups in total. The molecule has 1 saturated heterocycles. The van der Waals surface area contributed by atoms with Gasteiger partial charge < -0.3 is 15.5 Å². The Balaban J connectivity index is 1.83. The smallest absolute Gasteiger partial charge is 0.352 e. The number of carbonyl (C=O) groups excluding carboxylic acids is 1. The molecule has 2 aromatic heterocycles. The van der Waals surface area contributed by atoms with Crippen molar-refractivity contribution in [3.05, 3.63) is 48.4 Å². The molecule has 0 unspecified atom stereocenters. The fraction of sp³-hybridized carbons (Fsp3) is 0.429. The summed E-state index contributed by atoms with van der Waals surface area (Å²) in [5.74, 6) is -4.95. The van der Waals surface area contributed by atoms with Crippen molar-refractivity contribution in [3.8, 4) is 0 Å². The van der Waals surface area contributed by atoms with Crippen LogP contribution in [0.4, 0.5) is 27.9 Å². The summed E-state index contributed by atoms with van der Waals surface area (Å²) in [4.78, 5) is 29.4. The highest BCUT2D eigenvalue weighted by atomic mass is 19.4. The molecule has 1 fully saturated rings. The third-order valence-corrected chi connectivity index (χ3v) is 5.44. The SMILES string of the molecule is C[NH2+]/C=C(\C(=N)C(=O)N1CC(F)(F)C[C@@H](C)[C@H]1CNc1ncc(C(F)(F)F)cn1)c1cnccn1. The van der Waals surface area contributed by atoms with Gasteiger partial charge in [0, 0.05) is 37.8 Å². The van der Waals surface area contributed by atoms with E-state index in [1.165, 1.54) is 31.7 Å². The van der Waals surface area contributed by atoms with Crippen LogP contribution in [0.25, 0.3) is 5.57 Å². The summed E-state index contributed by atoms with van der Waals surface area (Å²) in [6.45, 7) is 0.518. The molecule has 0 aliphatic carbocycles. The number of quaternary nitrogens is 1.